The highest BCUT2D eigenvalue weighted by molar-refractivity contribution is 5.96. The molecule has 0 unspecified atom stereocenters. The molecule has 0 spiro atoms. The van der Waals surface area contributed by atoms with Gasteiger partial charge in [-0.05, 0) is 49.2 Å². The fourth-order valence-corrected chi connectivity index (χ4v) is 2.79. The zero-order valence-electron chi connectivity index (χ0n) is 15.2. The molecule has 0 saturated carbocycles. The van der Waals surface area contributed by atoms with Crippen molar-refractivity contribution >= 4 is 11.9 Å². The van der Waals surface area contributed by atoms with E-state index in [9.17, 15) is 9.59 Å². The van der Waals surface area contributed by atoms with Gasteiger partial charge in [0.15, 0.2) is 5.60 Å². The van der Waals surface area contributed by atoms with Crippen LogP contribution in [0.25, 0.3) is 11.1 Å². The summed E-state index contributed by atoms with van der Waals surface area (Å²) in [5.41, 5.74) is 1.04. The monoisotopic (exact) mass is 364 g/mol. The number of carboxylic acid groups (broad SMARTS) is 1. The summed E-state index contributed by atoms with van der Waals surface area (Å²) in [5.74, 6) is -0.727. The predicted molar refractivity (Wildman–Crippen MR) is 99.2 cm³/mol. The molecule has 6 heteroatoms. The molecule has 0 radical (unpaired) electrons. The Hall–Kier alpha value is -3.33. The molecule has 1 fully saturated rings. The second-order valence-electron chi connectivity index (χ2n) is 7.06. The lowest BCUT2D eigenvalue weighted by Crippen LogP contribution is -2.49. The van der Waals surface area contributed by atoms with Crippen molar-refractivity contribution in [1.29, 1.82) is 5.26 Å². The summed E-state index contributed by atoms with van der Waals surface area (Å²) in [7, 11) is 0. The molecule has 3 rings (SSSR count). The molecule has 0 aliphatic carbocycles. The van der Waals surface area contributed by atoms with Crippen LogP contribution in [0.4, 0.5) is 0 Å². The van der Waals surface area contributed by atoms with E-state index >= 15 is 0 Å². The first-order valence-electron chi connectivity index (χ1n) is 8.62. The first-order chi connectivity index (χ1) is 12.8. The van der Waals surface area contributed by atoms with Gasteiger partial charge in [-0.25, -0.2) is 4.79 Å². The quantitative estimate of drug-likeness (QED) is 0.880. The minimum Gasteiger partial charge on any atom is -0.478 e. The summed E-state index contributed by atoms with van der Waals surface area (Å²) in [6, 6.07) is 16.5. The number of benzene rings is 2. The van der Waals surface area contributed by atoms with Gasteiger partial charge in [-0.15, -0.1) is 0 Å². The number of rotatable bonds is 5. The van der Waals surface area contributed by atoms with E-state index in [4.69, 9.17) is 15.1 Å². The van der Waals surface area contributed by atoms with Gasteiger partial charge in [0.2, 0.25) is 0 Å². The lowest BCUT2D eigenvalue weighted by Gasteiger charge is -2.35. The second-order valence-corrected chi connectivity index (χ2v) is 7.06. The number of carbonyl (C=O) groups is 2. The maximum absolute atomic E-state index is 12.5. The van der Waals surface area contributed by atoms with Gasteiger partial charge in [0.05, 0.1) is 12.0 Å². The predicted octanol–water partition coefficient (Wildman–Crippen LogP) is 3.19. The molecule has 1 heterocycles. The summed E-state index contributed by atoms with van der Waals surface area (Å²) >= 11 is 0. The molecule has 1 aliphatic rings. The van der Waals surface area contributed by atoms with Gasteiger partial charge in [0.25, 0.3) is 5.91 Å². The van der Waals surface area contributed by atoms with Gasteiger partial charge in [0, 0.05) is 18.7 Å². The van der Waals surface area contributed by atoms with Crippen molar-refractivity contribution in [2.45, 2.75) is 19.4 Å². The molecule has 2 aromatic carbocycles. The van der Waals surface area contributed by atoms with Crippen molar-refractivity contribution in [2.24, 2.45) is 5.92 Å². The van der Waals surface area contributed by atoms with E-state index in [0.717, 1.165) is 11.1 Å². The van der Waals surface area contributed by atoms with Crippen LogP contribution in [0.1, 0.15) is 24.2 Å². The molecular formula is C21H20N2O4. The van der Waals surface area contributed by atoms with E-state index < -0.39 is 11.6 Å². The molecule has 1 saturated heterocycles. The summed E-state index contributed by atoms with van der Waals surface area (Å²) in [6.45, 7) is 3.94. The van der Waals surface area contributed by atoms with Crippen molar-refractivity contribution in [1.82, 2.24) is 4.90 Å². The van der Waals surface area contributed by atoms with Crippen LogP contribution in [0, 0.1) is 17.2 Å². The molecule has 1 amide bonds. The minimum absolute atomic E-state index is 0.0697. The number of carboxylic acids is 1. The van der Waals surface area contributed by atoms with Gasteiger partial charge in [-0.2, -0.15) is 5.26 Å². The third-order valence-corrected chi connectivity index (χ3v) is 4.54. The van der Waals surface area contributed by atoms with Gasteiger partial charge in [-0.3, -0.25) is 4.79 Å². The summed E-state index contributed by atoms with van der Waals surface area (Å²) in [6.07, 6.45) is 0. The number of amides is 1. The van der Waals surface area contributed by atoms with Crippen LogP contribution in [0.5, 0.6) is 5.75 Å². The third-order valence-electron chi connectivity index (χ3n) is 4.54. The zero-order chi connectivity index (χ0) is 19.6. The highest BCUT2D eigenvalue weighted by Crippen LogP contribution is 2.26. The van der Waals surface area contributed by atoms with Crippen LogP contribution in [0.15, 0.2) is 48.5 Å². The lowest BCUT2D eigenvalue weighted by molar-refractivity contribution is -0.152. The van der Waals surface area contributed by atoms with E-state index in [1.54, 1.807) is 23.1 Å². The molecule has 2 aromatic rings. The molecule has 0 aromatic heterocycles. The Kier molecular flexibility index (Phi) is 4.87. The standard InChI is InChI=1S/C21H20N2O4/c1-21(2,20(25)26)27-18-8-6-15(7-9-18)16-4-3-5-17(10-16)19(24)23-12-14(11-22)13-23/h3-10,14H,12-13H2,1-2H3,(H,25,26). The number of ether oxygens (including phenoxy) is 1. The van der Waals surface area contributed by atoms with Crippen molar-refractivity contribution in [3.05, 3.63) is 54.1 Å². The van der Waals surface area contributed by atoms with Gasteiger partial charge in [-0.1, -0.05) is 24.3 Å². The smallest absolute Gasteiger partial charge is 0.347 e. The zero-order valence-corrected chi connectivity index (χ0v) is 15.2. The van der Waals surface area contributed by atoms with E-state index in [0.29, 0.717) is 24.4 Å². The van der Waals surface area contributed by atoms with Gasteiger partial charge in [0.1, 0.15) is 5.75 Å². The number of aliphatic carboxylic acids is 1. The van der Waals surface area contributed by atoms with Crippen molar-refractivity contribution in [2.75, 3.05) is 13.1 Å². The maximum atomic E-state index is 12.5. The first-order valence-corrected chi connectivity index (χ1v) is 8.62. The Balaban J connectivity index is 1.75. The highest BCUT2D eigenvalue weighted by atomic mass is 16.5. The summed E-state index contributed by atoms with van der Waals surface area (Å²) in [4.78, 5) is 25.3. The fraction of sp³-hybridized carbons (Fsp3) is 0.286. The topological polar surface area (TPSA) is 90.6 Å². The van der Waals surface area contributed by atoms with Crippen LogP contribution in [0.3, 0.4) is 0 Å². The highest BCUT2D eigenvalue weighted by Gasteiger charge is 2.31. The van der Waals surface area contributed by atoms with Gasteiger partial charge >= 0.3 is 5.97 Å². The molecule has 138 valence electrons. The number of nitriles is 1. The number of hydrogen-bond donors (Lipinski definition) is 1. The van der Waals surface area contributed by atoms with E-state index in [1.165, 1.54) is 13.8 Å². The number of likely N-dealkylation sites (tertiary alicyclic amines) is 1. The Morgan fingerprint density at radius 3 is 2.41 bits per heavy atom. The summed E-state index contributed by atoms with van der Waals surface area (Å²) < 4.78 is 5.50. The lowest BCUT2D eigenvalue weighted by atomic mass is 9.98. The molecule has 1 N–H and O–H groups in total. The molecule has 1 aliphatic heterocycles. The molecule has 0 atom stereocenters. The van der Waals surface area contributed by atoms with Crippen LogP contribution in [0.2, 0.25) is 0 Å². The van der Waals surface area contributed by atoms with Crippen molar-refractivity contribution in [3.8, 4) is 22.9 Å². The normalized spacial score (nSPS) is 14.2. The third kappa shape index (κ3) is 3.93. The molecular weight excluding hydrogens is 344 g/mol. The van der Waals surface area contributed by atoms with Crippen LogP contribution in [-0.2, 0) is 4.79 Å². The largest absolute Gasteiger partial charge is 0.478 e. The number of carbonyl (C=O) groups excluding carboxylic acids is 1. The average Bonchev–Trinajstić information content (AvgIpc) is 2.61. The van der Waals surface area contributed by atoms with Crippen LogP contribution >= 0.6 is 0 Å². The number of hydrogen-bond acceptors (Lipinski definition) is 4. The van der Waals surface area contributed by atoms with E-state index in [2.05, 4.69) is 6.07 Å². The maximum Gasteiger partial charge on any atom is 0.347 e. The van der Waals surface area contributed by atoms with E-state index in [-0.39, 0.29) is 11.8 Å². The van der Waals surface area contributed by atoms with Crippen molar-refractivity contribution in [3.63, 3.8) is 0 Å². The molecule has 0 bridgehead atoms. The van der Waals surface area contributed by atoms with Crippen LogP contribution < -0.4 is 4.74 Å². The Labute approximate surface area is 157 Å². The number of nitrogens with zero attached hydrogens (tertiary/aromatic N) is 2. The minimum atomic E-state index is -1.31. The Bertz CT molecular complexity index is 907. The average molecular weight is 364 g/mol. The Morgan fingerprint density at radius 2 is 1.81 bits per heavy atom. The Morgan fingerprint density at radius 1 is 1.15 bits per heavy atom. The van der Waals surface area contributed by atoms with E-state index in [1.807, 2.05) is 30.3 Å². The van der Waals surface area contributed by atoms with Crippen molar-refractivity contribution < 1.29 is 19.4 Å². The second kappa shape index (κ2) is 7.12. The molecule has 6 nitrogen and oxygen atoms in total. The van der Waals surface area contributed by atoms with Crippen LogP contribution in [-0.4, -0.2) is 40.6 Å². The summed E-state index contributed by atoms with van der Waals surface area (Å²) in [5, 5.41) is 18.0. The fourth-order valence-electron chi connectivity index (χ4n) is 2.79. The first kappa shape index (κ1) is 18.5. The van der Waals surface area contributed by atoms with Gasteiger partial charge < -0.3 is 14.7 Å². The molecule has 27 heavy (non-hydrogen) atoms. The SMILES string of the molecule is CC(C)(Oc1ccc(-c2cccc(C(=O)N3CC(C#N)C3)c2)cc1)C(=O)O.